The van der Waals surface area contributed by atoms with Crippen molar-refractivity contribution in [3.63, 3.8) is 0 Å². The third-order valence-corrected chi connectivity index (χ3v) is 6.23. The van der Waals surface area contributed by atoms with Crippen LogP contribution in [0.25, 0.3) is 0 Å². The molecule has 2 aliphatic rings. The summed E-state index contributed by atoms with van der Waals surface area (Å²) in [5.74, 6) is 2.09. The van der Waals surface area contributed by atoms with Crippen LogP contribution in [0, 0.1) is 0 Å². The predicted octanol–water partition coefficient (Wildman–Crippen LogP) is 1.46. The Morgan fingerprint density at radius 2 is 1.89 bits per heavy atom. The predicted molar refractivity (Wildman–Crippen MR) is 77.7 cm³/mol. The molecular formula is C13H18N2O2S2. The van der Waals surface area contributed by atoms with Crippen molar-refractivity contribution in [1.29, 1.82) is 0 Å². The average Bonchev–Trinajstić information content (AvgIpc) is 2.86. The molecule has 0 spiro atoms. The van der Waals surface area contributed by atoms with Gasteiger partial charge < -0.3 is 5.32 Å². The first-order valence-corrected chi connectivity index (χ1v) is 9.21. The quantitative estimate of drug-likeness (QED) is 0.887. The lowest BCUT2D eigenvalue weighted by Gasteiger charge is -2.22. The van der Waals surface area contributed by atoms with Gasteiger partial charge in [0.15, 0.2) is 0 Å². The second-order valence-electron chi connectivity index (χ2n) is 5.04. The van der Waals surface area contributed by atoms with E-state index in [0.29, 0.717) is 4.90 Å². The van der Waals surface area contributed by atoms with Crippen LogP contribution in [0.2, 0.25) is 0 Å². The maximum Gasteiger partial charge on any atom is 0.240 e. The number of hydrogen-bond donors (Lipinski definition) is 2. The topological polar surface area (TPSA) is 58.2 Å². The van der Waals surface area contributed by atoms with E-state index in [-0.39, 0.29) is 6.04 Å². The fraction of sp³-hybridized carbons (Fsp3) is 0.538. The summed E-state index contributed by atoms with van der Waals surface area (Å²) in [5, 5.41) is 3.23. The van der Waals surface area contributed by atoms with Crippen molar-refractivity contribution in [2.24, 2.45) is 0 Å². The Morgan fingerprint density at radius 3 is 2.68 bits per heavy atom. The highest BCUT2D eigenvalue weighted by molar-refractivity contribution is 7.99. The number of benzene rings is 1. The summed E-state index contributed by atoms with van der Waals surface area (Å²) in [5.41, 5.74) is 2.30. The second kappa shape index (κ2) is 5.44. The summed E-state index contributed by atoms with van der Waals surface area (Å²) < 4.78 is 27.6. The molecule has 4 nitrogen and oxygen atoms in total. The van der Waals surface area contributed by atoms with Gasteiger partial charge in [-0.3, -0.25) is 0 Å². The van der Waals surface area contributed by atoms with Crippen molar-refractivity contribution < 1.29 is 8.42 Å². The molecular weight excluding hydrogens is 280 g/mol. The summed E-state index contributed by atoms with van der Waals surface area (Å²) >= 11 is 1.89. The van der Waals surface area contributed by atoms with Crippen LogP contribution in [0.4, 0.5) is 0 Å². The minimum absolute atomic E-state index is 0.0950. The van der Waals surface area contributed by atoms with Gasteiger partial charge in [0.05, 0.1) is 4.90 Å². The van der Waals surface area contributed by atoms with Gasteiger partial charge in [0.1, 0.15) is 0 Å². The first kappa shape index (κ1) is 13.4. The zero-order chi connectivity index (χ0) is 13.3. The smallest absolute Gasteiger partial charge is 0.240 e. The number of rotatable bonds is 3. The average molecular weight is 298 g/mol. The molecule has 1 saturated heterocycles. The van der Waals surface area contributed by atoms with Crippen molar-refractivity contribution in [2.45, 2.75) is 36.9 Å². The van der Waals surface area contributed by atoms with E-state index in [2.05, 4.69) is 10.0 Å². The molecule has 3 rings (SSSR count). The summed E-state index contributed by atoms with van der Waals surface area (Å²) in [6, 6.07) is 5.53. The van der Waals surface area contributed by atoms with E-state index in [1.807, 2.05) is 17.8 Å². The molecule has 1 aromatic rings. The molecule has 0 radical (unpaired) electrons. The van der Waals surface area contributed by atoms with E-state index in [0.717, 1.165) is 43.0 Å². The lowest BCUT2D eigenvalue weighted by Crippen LogP contribution is -2.37. The van der Waals surface area contributed by atoms with Crippen LogP contribution in [0.5, 0.6) is 0 Å². The molecule has 1 fully saturated rings. The van der Waals surface area contributed by atoms with E-state index >= 15 is 0 Å². The standard InChI is InChI=1S/C13H18N2O2S2/c16-19(17,15-12-3-5-18-6-4-12)13-2-1-10-8-14-9-11(10)7-13/h1-2,7,12,14-15H,3-6,8-9H2. The lowest BCUT2D eigenvalue weighted by molar-refractivity contribution is 0.529. The monoisotopic (exact) mass is 298 g/mol. The lowest BCUT2D eigenvalue weighted by atomic mass is 10.1. The zero-order valence-electron chi connectivity index (χ0n) is 10.7. The van der Waals surface area contributed by atoms with E-state index in [4.69, 9.17) is 0 Å². The third kappa shape index (κ3) is 2.97. The van der Waals surface area contributed by atoms with Crippen molar-refractivity contribution in [3.8, 4) is 0 Å². The Morgan fingerprint density at radius 1 is 1.16 bits per heavy atom. The van der Waals surface area contributed by atoms with Crippen LogP contribution in [0.1, 0.15) is 24.0 Å². The molecule has 2 aliphatic heterocycles. The number of nitrogens with one attached hydrogen (secondary N) is 2. The van der Waals surface area contributed by atoms with Gasteiger partial charge >= 0.3 is 0 Å². The number of fused-ring (bicyclic) bond motifs is 1. The third-order valence-electron chi connectivity index (χ3n) is 3.66. The van der Waals surface area contributed by atoms with Gasteiger partial charge in [-0.25, -0.2) is 13.1 Å². The van der Waals surface area contributed by atoms with Gasteiger partial charge in [-0.2, -0.15) is 11.8 Å². The van der Waals surface area contributed by atoms with Gasteiger partial charge in [0, 0.05) is 19.1 Å². The van der Waals surface area contributed by atoms with Crippen LogP contribution in [0.15, 0.2) is 23.1 Å². The number of sulfonamides is 1. The number of thioether (sulfide) groups is 1. The largest absolute Gasteiger partial charge is 0.309 e. The minimum atomic E-state index is -3.37. The molecule has 0 aliphatic carbocycles. The van der Waals surface area contributed by atoms with Crippen LogP contribution < -0.4 is 10.0 Å². The van der Waals surface area contributed by atoms with Crippen LogP contribution >= 0.6 is 11.8 Å². The first-order chi connectivity index (χ1) is 9.15. The maximum absolute atomic E-state index is 12.4. The Balaban J connectivity index is 1.79. The van der Waals surface area contributed by atoms with Crippen molar-refractivity contribution >= 4 is 21.8 Å². The Kier molecular flexibility index (Phi) is 3.84. The fourth-order valence-electron chi connectivity index (χ4n) is 2.54. The molecule has 104 valence electrons. The summed E-state index contributed by atoms with van der Waals surface area (Å²) in [4.78, 5) is 0.396. The zero-order valence-corrected chi connectivity index (χ0v) is 12.3. The van der Waals surface area contributed by atoms with Gasteiger partial charge in [0.25, 0.3) is 0 Å². The molecule has 19 heavy (non-hydrogen) atoms. The van der Waals surface area contributed by atoms with Gasteiger partial charge in [-0.1, -0.05) is 6.07 Å². The second-order valence-corrected chi connectivity index (χ2v) is 7.98. The fourth-order valence-corrected chi connectivity index (χ4v) is 5.00. The highest BCUT2D eigenvalue weighted by atomic mass is 32.2. The Hall–Kier alpha value is -0.560. The Labute approximate surface area is 118 Å². The van der Waals surface area contributed by atoms with E-state index in [1.54, 1.807) is 12.1 Å². The van der Waals surface area contributed by atoms with E-state index in [9.17, 15) is 8.42 Å². The summed E-state index contributed by atoms with van der Waals surface area (Å²) in [7, 11) is -3.37. The van der Waals surface area contributed by atoms with Gasteiger partial charge in [0.2, 0.25) is 10.0 Å². The van der Waals surface area contributed by atoms with Crippen molar-refractivity contribution in [2.75, 3.05) is 11.5 Å². The van der Waals surface area contributed by atoms with Crippen LogP contribution in [-0.2, 0) is 23.1 Å². The SMILES string of the molecule is O=S(=O)(NC1CCSCC1)c1ccc2c(c1)CNC2. The minimum Gasteiger partial charge on any atom is -0.309 e. The van der Waals surface area contributed by atoms with Crippen LogP contribution in [-0.4, -0.2) is 26.0 Å². The first-order valence-electron chi connectivity index (χ1n) is 6.58. The van der Waals surface area contributed by atoms with E-state index in [1.165, 1.54) is 5.56 Å². The van der Waals surface area contributed by atoms with Crippen molar-refractivity contribution in [3.05, 3.63) is 29.3 Å². The normalized spacial score (nSPS) is 20.4. The maximum atomic E-state index is 12.4. The van der Waals surface area contributed by atoms with E-state index < -0.39 is 10.0 Å². The Bertz CT molecular complexity index is 566. The molecule has 6 heteroatoms. The molecule has 1 aromatic carbocycles. The molecule has 0 atom stereocenters. The summed E-state index contributed by atoms with van der Waals surface area (Å²) in [6.07, 6.45) is 1.85. The molecule has 0 unspecified atom stereocenters. The van der Waals surface area contributed by atoms with Crippen LogP contribution in [0.3, 0.4) is 0 Å². The molecule has 2 N–H and O–H groups in total. The highest BCUT2D eigenvalue weighted by Gasteiger charge is 2.23. The number of hydrogen-bond acceptors (Lipinski definition) is 4. The van der Waals surface area contributed by atoms with Crippen molar-refractivity contribution in [1.82, 2.24) is 10.0 Å². The molecule has 0 amide bonds. The van der Waals surface area contributed by atoms with Gasteiger partial charge in [-0.05, 0) is 47.6 Å². The molecule has 2 heterocycles. The van der Waals surface area contributed by atoms with Gasteiger partial charge in [-0.15, -0.1) is 0 Å². The summed E-state index contributed by atoms with van der Waals surface area (Å²) in [6.45, 7) is 1.60. The molecule has 0 bridgehead atoms. The molecule has 0 saturated carbocycles. The molecule has 0 aromatic heterocycles. The highest BCUT2D eigenvalue weighted by Crippen LogP contribution is 2.22.